The van der Waals surface area contributed by atoms with Crippen molar-refractivity contribution < 1.29 is 4.79 Å². The molecule has 1 heterocycles. The smallest absolute Gasteiger partial charge is 0.255 e. The minimum atomic E-state index is 0.0343. The van der Waals surface area contributed by atoms with Crippen LogP contribution in [0.5, 0.6) is 0 Å². The van der Waals surface area contributed by atoms with Gasteiger partial charge in [0.1, 0.15) is 0 Å². The van der Waals surface area contributed by atoms with Gasteiger partial charge in [0.15, 0.2) is 0 Å². The number of piperidine rings is 1. The molecule has 1 aromatic rings. The summed E-state index contributed by atoms with van der Waals surface area (Å²) in [5.41, 5.74) is 6.56. The Hall–Kier alpha value is -0.330. The second-order valence-electron chi connectivity index (χ2n) is 4.28. The van der Waals surface area contributed by atoms with Crippen molar-refractivity contribution in [3.8, 4) is 0 Å². The van der Waals surface area contributed by atoms with Crippen molar-refractivity contribution in [2.24, 2.45) is 5.73 Å². The Balaban J connectivity index is 2.21. The van der Waals surface area contributed by atoms with Crippen LogP contribution in [-0.2, 0) is 0 Å². The van der Waals surface area contributed by atoms with Gasteiger partial charge in [-0.15, -0.1) is 0 Å². The van der Waals surface area contributed by atoms with Crippen LogP contribution in [0.3, 0.4) is 0 Å². The van der Waals surface area contributed by atoms with Gasteiger partial charge in [-0.25, -0.2) is 0 Å². The van der Waals surface area contributed by atoms with E-state index in [1.165, 1.54) is 0 Å². The van der Waals surface area contributed by atoms with E-state index in [9.17, 15) is 4.79 Å². The van der Waals surface area contributed by atoms with Gasteiger partial charge in [0, 0.05) is 27.7 Å². The summed E-state index contributed by atoms with van der Waals surface area (Å²) >= 11 is 8.09. The van der Waals surface area contributed by atoms with Crippen LogP contribution in [0.4, 0.5) is 0 Å². The molecule has 5 heteroatoms. The third kappa shape index (κ3) is 3.11. The van der Waals surface area contributed by atoms with Crippen LogP contribution >= 0.6 is 34.2 Å². The van der Waals surface area contributed by atoms with Crippen LogP contribution in [0.1, 0.15) is 23.2 Å². The van der Waals surface area contributed by atoms with E-state index in [-0.39, 0.29) is 11.9 Å². The van der Waals surface area contributed by atoms with Crippen LogP contribution in [0.15, 0.2) is 18.2 Å². The fourth-order valence-corrected chi connectivity index (χ4v) is 2.76. The number of carbonyl (C=O) groups is 1. The van der Waals surface area contributed by atoms with E-state index in [1.54, 1.807) is 12.1 Å². The lowest BCUT2D eigenvalue weighted by Gasteiger charge is -2.31. The lowest BCUT2D eigenvalue weighted by atomic mass is 10.1. The maximum Gasteiger partial charge on any atom is 0.255 e. The Morgan fingerprint density at radius 3 is 3.00 bits per heavy atom. The summed E-state index contributed by atoms with van der Waals surface area (Å²) in [5, 5.41) is 0.593. The molecule has 0 saturated carbocycles. The SMILES string of the molecule is NC1CCCN(C(=O)c2cc(Cl)ccc2I)C1. The van der Waals surface area contributed by atoms with Gasteiger partial charge in [0.2, 0.25) is 0 Å². The minimum absolute atomic E-state index is 0.0343. The second-order valence-corrected chi connectivity index (χ2v) is 5.88. The molecule has 0 spiro atoms. The number of halogens is 2. The van der Waals surface area contributed by atoms with Gasteiger partial charge in [-0.3, -0.25) is 4.79 Å². The second kappa shape index (κ2) is 5.54. The normalized spacial score (nSPS) is 20.4. The van der Waals surface area contributed by atoms with Gasteiger partial charge in [-0.2, -0.15) is 0 Å². The molecule has 1 aromatic carbocycles. The number of nitrogens with zero attached hydrogens (tertiary/aromatic N) is 1. The minimum Gasteiger partial charge on any atom is -0.337 e. The number of carbonyl (C=O) groups excluding carboxylic acids is 1. The number of hydrogen-bond acceptors (Lipinski definition) is 2. The molecule has 1 fully saturated rings. The molecule has 0 aromatic heterocycles. The van der Waals surface area contributed by atoms with Crippen LogP contribution < -0.4 is 5.73 Å². The van der Waals surface area contributed by atoms with Crippen LogP contribution in [0, 0.1) is 3.57 Å². The number of benzene rings is 1. The van der Waals surface area contributed by atoms with Crippen molar-refractivity contribution in [1.29, 1.82) is 0 Å². The van der Waals surface area contributed by atoms with Crippen molar-refractivity contribution in [2.75, 3.05) is 13.1 Å². The standard InChI is InChI=1S/C12H14ClIN2O/c13-8-3-4-11(14)10(6-8)12(17)16-5-1-2-9(15)7-16/h3-4,6,9H,1-2,5,7,15H2. The predicted molar refractivity (Wildman–Crippen MR) is 77.3 cm³/mol. The summed E-state index contributed by atoms with van der Waals surface area (Å²) in [6.07, 6.45) is 1.97. The Labute approximate surface area is 119 Å². The summed E-state index contributed by atoms with van der Waals surface area (Å²) in [4.78, 5) is 14.1. The number of amides is 1. The highest BCUT2D eigenvalue weighted by Crippen LogP contribution is 2.21. The van der Waals surface area contributed by atoms with Gasteiger partial charge < -0.3 is 10.6 Å². The molecule has 2 rings (SSSR count). The topological polar surface area (TPSA) is 46.3 Å². The third-order valence-electron chi connectivity index (χ3n) is 2.90. The maximum absolute atomic E-state index is 12.3. The van der Waals surface area contributed by atoms with E-state index < -0.39 is 0 Å². The zero-order valence-electron chi connectivity index (χ0n) is 9.33. The molecule has 1 atom stereocenters. The van der Waals surface area contributed by atoms with E-state index >= 15 is 0 Å². The first-order valence-corrected chi connectivity index (χ1v) is 7.03. The molecule has 0 bridgehead atoms. The summed E-state index contributed by atoms with van der Waals surface area (Å²) in [5.74, 6) is 0.0343. The molecule has 0 aliphatic carbocycles. The molecule has 1 aliphatic heterocycles. The average molecular weight is 365 g/mol. The van der Waals surface area contributed by atoms with Gasteiger partial charge in [-0.1, -0.05) is 11.6 Å². The highest BCUT2D eigenvalue weighted by atomic mass is 127. The number of rotatable bonds is 1. The first kappa shape index (κ1) is 13.1. The van der Waals surface area contributed by atoms with Crippen LogP contribution in [-0.4, -0.2) is 29.9 Å². The molecule has 2 N–H and O–H groups in total. The van der Waals surface area contributed by atoms with E-state index in [0.29, 0.717) is 17.1 Å². The van der Waals surface area contributed by atoms with Gasteiger partial charge in [0.25, 0.3) is 5.91 Å². The fourth-order valence-electron chi connectivity index (χ4n) is 2.03. The summed E-state index contributed by atoms with van der Waals surface area (Å²) < 4.78 is 0.927. The Morgan fingerprint density at radius 1 is 1.53 bits per heavy atom. The number of likely N-dealkylation sites (tertiary alicyclic amines) is 1. The molecular formula is C12H14ClIN2O. The molecule has 92 valence electrons. The maximum atomic E-state index is 12.3. The Bertz CT molecular complexity index is 439. The highest BCUT2D eigenvalue weighted by molar-refractivity contribution is 14.1. The van der Waals surface area contributed by atoms with Crippen molar-refractivity contribution >= 4 is 40.1 Å². The predicted octanol–water partition coefficient (Wildman–Crippen LogP) is 2.51. The van der Waals surface area contributed by atoms with Gasteiger partial charge >= 0.3 is 0 Å². The highest BCUT2D eigenvalue weighted by Gasteiger charge is 2.23. The summed E-state index contributed by atoms with van der Waals surface area (Å²) in [7, 11) is 0. The molecule has 0 radical (unpaired) electrons. The van der Waals surface area contributed by atoms with Crippen molar-refractivity contribution in [3.63, 3.8) is 0 Å². The number of hydrogen-bond donors (Lipinski definition) is 1. The molecule has 1 amide bonds. The van der Waals surface area contributed by atoms with E-state index in [1.807, 2.05) is 11.0 Å². The number of nitrogens with two attached hydrogens (primary N) is 1. The summed E-state index contributed by atoms with van der Waals surface area (Å²) in [6.45, 7) is 1.43. The van der Waals surface area contributed by atoms with E-state index in [0.717, 1.165) is 23.0 Å². The third-order valence-corrected chi connectivity index (χ3v) is 4.08. The molecular weight excluding hydrogens is 351 g/mol. The zero-order valence-corrected chi connectivity index (χ0v) is 12.2. The molecule has 17 heavy (non-hydrogen) atoms. The van der Waals surface area contributed by atoms with Crippen LogP contribution in [0.2, 0.25) is 5.02 Å². The largest absolute Gasteiger partial charge is 0.337 e. The molecule has 1 saturated heterocycles. The molecule has 1 unspecified atom stereocenters. The average Bonchev–Trinajstić information content (AvgIpc) is 2.31. The lowest BCUT2D eigenvalue weighted by molar-refractivity contribution is 0.0708. The summed E-state index contributed by atoms with van der Waals surface area (Å²) in [6, 6.07) is 5.48. The first-order valence-electron chi connectivity index (χ1n) is 5.58. The molecule has 3 nitrogen and oxygen atoms in total. The van der Waals surface area contributed by atoms with Gasteiger partial charge in [-0.05, 0) is 53.6 Å². The van der Waals surface area contributed by atoms with Crippen molar-refractivity contribution in [1.82, 2.24) is 4.90 Å². The Kier molecular flexibility index (Phi) is 4.27. The van der Waals surface area contributed by atoms with Gasteiger partial charge in [0.05, 0.1) is 5.56 Å². The zero-order chi connectivity index (χ0) is 12.4. The first-order chi connectivity index (χ1) is 8.08. The van der Waals surface area contributed by atoms with Crippen molar-refractivity contribution in [3.05, 3.63) is 32.4 Å². The van der Waals surface area contributed by atoms with E-state index in [4.69, 9.17) is 17.3 Å². The van der Waals surface area contributed by atoms with E-state index in [2.05, 4.69) is 22.6 Å². The molecule has 1 aliphatic rings. The lowest BCUT2D eigenvalue weighted by Crippen LogP contribution is -2.45. The monoisotopic (exact) mass is 364 g/mol. The fraction of sp³-hybridized carbons (Fsp3) is 0.417. The quantitative estimate of drug-likeness (QED) is 0.778. The van der Waals surface area contributed by atoms with Crippen LogP contribution in [0.25, 0.3) is 0 Å². The Morgan fingerprint density at radius 2 is 2.29 bits per heavy atom. The van der Waals surface area contributed by atoms with Crippen molar-refractivity contribution in [2.45, 2.75) is 18.9 Å².